The second-order valence-corrected chi connectivity index (χ2v) is 10.7. The summed E-state index contributed by atoms with van der Waals surface area (Å²) in [5.41, 5.74) is 2.17. The number of benzene rings is 2. The van der Waals surface area contributed by atoms with Crippen LogP contribution in [0, 0.1) is 12.8 Å². The van der Waals surface area contributed by atoms with Crippen LogP contribution in [0.25, 0.3) is 11.5 Å². The van der Waals surface area contributed by atoms with Gasteiger partial charge in [0.05, 0.1) is 31.7 Å². The summed E-state index contributed by atoms with van der Waals surface area (Å²) in [6.07, 6.45) is -0.678. The Morgan fingerprint density at radius 2 is 1.79 bits per heavy atom. The molecule has 0 fully saturated rings. The van der Waals surface area contributed by atoms with Crippen LogP contribution in [0.4, 0.5) is 0 Å². The number of ketones is 1. The second kappa shape index (κ2) is 16.3. The van der Waals surface area contributed by atoms with E-state index in [-0.39, 0.29) is 25.5 Å². The van der Waals surface area contributed by atoms with Gasteiger partial charge in [-0.25, -0.2) is 0 Å². The SMILES string of the molecule is C.COc1ccc(-c2nc(C)no2)cc1CC(=O)N[C@H](C(=O)NC(CC(=O)O)C(=O)CSCc1ccccc1)C(C)C. The largest absolute Gasteiger partial charge is 0.496 e. The van der Waals surface area contributed by atoms with Crippen molar-refractivity contribution in [3.63, 3.8) is 0 Å². The van der Waals surface area contributed by atoms with Gasteiger partial charge in [-0.1, -0.05) is 56.8 Å². The fourth-order valence-corrected chi connectivity index (χ4v) is 4.95. The smallest absolute Gasteiger partial charge is 0.305 e. The maximum atomic E-state index is 13.2. The highest BCUT2D eigenvalue weighted by molar-refractivity contribution is 7.99. The number of ether oxygens (including phenoxy) is 1. The molecule has 3 rings (SSSR count). The zero-order chi connectivity index (χ0) is 29.9. The minimum absolute atomic E-state index is 0. The lowest BCUT2D eigenvalue weighted by Gasteiger charge is -2.25. The van der Waals surface area contributed by atoms with E-state index in [4.69, 9.17) is 9.26 Å². The fraction of sp³-hybridized carbons (Fsp3) is 0.400. The number of rotatable bonds is 15. The average molecular weight is 599 g/mol. The van der Waals surface area contributed by atoms with Gasteiger partial charge in [0, 0.05) is 16.9 Å². The van der Waals surface area contributed by atoms with E-state index in [1.54, 1.807) is 39.0 Å². The lowest BCUT2D eigenvalue weighted by atomic mass is 10.0. The van der Waals surface area contributed by atoms with Crippen molar-refractivity contribution in [2.45, 2.75) is 58.9 Å². The number of Topliss-reactive ketones (excluding diaryl/α,β-unsaturated/α-hetero) is 1. The van der Waals surface area contributed by atoms with E-state index in [1.165, 1.54) is 18.9 Å². The number of thioether (sulfide) groups is 1. The molecule has 0 aliphatic rings. The molecule has 226 valence electrons. The Morgan fingerprint density at radius 3 is 2.38 bits per heavy atom. The first kappa shape index (κ1) is 34.0. The van der Waals surface area contributed by atoms with Gasteiger partial charge in [-0.3, -0.25) is 19.2 Å². The Kier molecular flexibility index (Phi) is 13.2. The normalized spacial score (nSPS) is 12.1. The number of hydrogen-bond donors (Lipinski definition) is 3. The van der Waals surface area contributed by atoms with Crippen molar-refractivity contribution in [2.75, 3.05) is 12.9 Å². The molecule has 1 aromatic heterocycles. The number of methoxy groups -OCH3 is 1. The first-order valence-corrected chi connectivity index (χ1v) is 14.2. The quantitative estimate of drug-likeness (QED) is 0.234. The van der Waals surface area contributed by atoms with Crippen LogP contribution >= 0.6 is 11.8 Å². The maximum Gasteiger partial charge on any atom is 0.305 e. The van der Waals surface area contributed by atoms with Crippen molar-refractivity contribution in [3.8, 4) is 17.2 Å². The fourth-order valence-electron chi connectivity index (χ4n) is 4.02. The zero-order valence-electron chi connectivity index (χ0n) is 23.4. The van der Waals surface area contributed by atoms with Crippen LogP contribution in [-0.2, 0) is 31.4 Å². The van der Waals surface area contributed by atoms with Crippen LogP contribution in [0.2, 0.25) is 0 Å². The highest BCUT2D eigenvalue weighted by Crippen LogP contribution is 2.26. The molecular formula is C30H38N4O7S. The van der Waals surface area contributed by atoms with E-state index in [0.29, 0.717) is 34.3 Å². The number of nitrogens with zero attached hydrogens (tertiary/aromatic N) is 2. The molecule has 11 nitrogen and oxygen atoms in total. The molecule has 0 saturated heterocycles. The Hall–Kier alpha value is -4.19. The predicted molar refractivity (Wildman–Crippen MR) is 160 cm³/mol. The topological polar surface area (TPSA) is 161 Å². The molecule has 12 heteroatoms. The van der Waals surface area contributed by atoms with Crippen LogP contribution < -0.4 is 15.4 Å². The summed E-state index contributed by atoms with van der Waals surface area (Å²) < 4.78 is 10.6. The monoisotopic (exact) mass is 598 g/mol. The van der Waals surface area contributed by atoms with E-state index < -0.39 is 42.1 Å². The molecule has 0 radical (unpaired) electrons. The van der Waals surface area contributed by atoms with Gasteiger partial charge in [0.2, 0.25) is 11.8 Å². The van der Waals surface area contributed by atoms with E-state index >= 15 is 0 Å². The Morgan fingerprint density at radius 1 is 1.07 bits per heavy atom. The number of carbonyl (C=O) groups is 4. The third-order valence-corrected chi connectivity index (χ3v) is 7.14. The van der Waals surface area contributed by atoms with Gasteiger partial charge in [0.25, 0.3) is 5.89 Å². The van der Waals surface area contributed by atoms with Gasteiger partial charge >= 0.3 is 5.97 Å². The second-order valence-electron chi connectivity index (χ2n) is 9.74. The van der Waals surface area contributed by atoms with Crippen LogP contribution in [-0.4, -0.2) is 63.8 Å². The summed E-state index contributed by atoms with van der Waals surface area (Å²) in [5.74, 6) is -1.24. The minimum Gasteiger partial charge on any atom is -0.496 e. The van der Waals surface area contributed by atoms with Gasteiger partial charge in [-0.2, -0.15) is 4.98 Å². The highest BCUT2D eigenvalue weighted by Gasteiger charge is 2.30. The average Bonchev–Trinajstić information content (AvgIpc) is 3.37. The Labute approximate surface area is 249 Å². The van der Waals surface area contributed by atoms with Crippen LogP contribution in [0.1, 0.15) is 44.6 Å². The molecule has 2 aromatic carbocycles. The number of aryl methyl sites for hydroxylation is 1. The molecule has 1 unspecified atom stereocenters. The van der Waals surface area contributed by atoms with Gasteiger partial charge in [-0.15, -0.1) is 11.8 Å². The van der Waals surface area contributed by atoms with Crippen LogP contribution in [0.15, 0.2) is 53.1 Å². The molecule has 42 heavy (non-hydrogen) atoms. The summed E-state index contributed by atoms with van der Waals surface area (Å²) >= 11 is 1.34. The molecule has 0 aliphatic heterocycles. The lowest BCUT2D eigenvalue weighted by molar-refractivity contribution is -0.140. The van der Waals surface area contributed by atoms with Crippen molar-refractivity contribution < 1.29 is 33.5 Å². The summed E-state index contributed by atoms with van der Waals surface area (Å²) in [6, 6.07) is 12.4. The van der Waals surface area contributed by atoms with E-state index in [2.05, 4.69) is 20.8 Å². The minimum atomic E-state index is -1.23. The van der Waals surface area contributed by atoms with Crippen molar-refractivity contribution in [3.05, 3.63) is 65.5 Å². The number of carbonyl (C=O) groups excluding carboxylic acids is 3. The predicted octanol–water partition coefficient (Wildman–Crippen LogP) is 3.84. The summed E-state index contributed by atoms with van der Waals surface area (Å²) in [4.78, 5) is 54.8. The lowest BCUT2D eigenvalue weighted by Crippen LogP contribution is -2.54. The first-order valence-electron chi connectivity index (χ1n) is 13.0. The highest BCUT2D eigenvalue weighted by atomic mass is 32.2. The number of aromatic nitrogens is 2. The van der Waals surface area contributed by atoms with Crippen molar-refractivity contribution in [2.24, 2.45) is 5.92 Å². The summed E-state index contributed by atoms with van der Waals surface area (Å²) in [6.45, 7) is 5.18. The molecule has 3 N–H and O–H groups in total. The van der Waals surface area contributed by atoms with Crippen LogP contribution in [0.5, 0.6) is 5.75 Å². The van der Waals surface area contributed by atoms with Gasteiger partial charge < -0.3 is 25.0 Å². The van der Waals surface area contributed by atoms with Gasteiger partial charge in [-0.05, 0) is 36.6 Å². The Bertz CT molecular complexity index is 1360. The summed E-state index contributed by atoms with van der Waals surface area (Å²) in [7, 11) is 1.48. The number of nitrogens with one attached hydrogen (secondary N) is 2. The zero-order valence-corrected chi connectivity index (χ0v) is 24.2. The van der Waals surface area contributed by atoms with Gasteiger partial charge in [0.15, 0.2) is 11.6 Å². The van der Waals surface area contributed by atoms with E-state index in [0.717, 1.165) is 5.56 Å². The third kappa shape index (κ3) is 10.0. The van der Waals surface area contributed by atoms with Crippen LogP contribution in [0.3, 0.4) is 0 Å². The number of hydrogen-bond acceptors (Lipinski definition) is 9. The molecule has 3 aromatic rings. The van der Waals surface area contributed by atoms with E-state index in [9.17, 15) is 24.3 Å². The van der Waals surface area contributed by atoms with E-state index in [1.807, 2.05) is 30.3 Å². The number of amides is 2. The number of carboxylic acids is 1. The van der Waals surface area contributed by atoms with Gasteiger partial charge in [0.1, 0.15) is 11.8 Å². The maximum absolute atomic E-state index is 13.2. The van der Waals surface area contributed by atoms with Crippen molar-refractivity contribution >= 4 is 35.3 Å². The molecule has 0 bridgehead atoms. The molecule has 2 amide bonds. The van der Waals surface area contributed by atoms with Crippen molar-refractivity contribution in [1.29, 1.82) is 0 Å². The van der Waals surface area contributed by atoms with Crippen molar-refractivity contribution in [1.82, 2.24) is 20.8 Å². The molecule has 2 atom stereocenters. The number of carboxylic acid groups (broad SMARTS) is 1. The number of aliphatic carboxylic acids is 1. The standard InChI is InChI=1S/C29H34N4O7S.CH4/c1-17(2)27(28(38)31-22(14-26(36)37)23(34)16-41-15-19-8-6-5-7-9-19)32-25(35)13-21-12-20(10-11-24(21)39-4)29-30-18(3)33-40-29;/h5-12,17,22,27H,13-16H2,1-4H3,(H,31,38)(H,32,35)(H,36,37);1H4/t22?,27-;/m0./s1. The summed E-state index contributed by atoms with van der Waals surface area (Å²) in [5, 5.41) is 18.4. The molecule has 1 heterocycles. The molecule has 0 aliphatic carbocycles. The Balaban J connectivity index is 0.00000616. The molecular weight excluding hydrogens is 560 g/mol. The molecule has 0 saturated carbocycles. The third-order valence-electron chi connectivity index (χ3n) is 6.11. The first-order chi connectivity index (χ1) is 19.6. The molecule has 0 spiro atoms.